The maximum Gasteiger partial charge on any atom is 0.307 e. The molecule has 0 unspecified atom stereocenters. The highest BCUT2D eigenvalue weighted by molar-refractivity contribution is 5.92. The molecule has 2 aromatic heterocycles. The van der Waals surface area contributed by atoms with Gasteiger partial charge in [0.1, 0.15) is 5.65 Å². The van der Waals surface area contributed by atoms with Gasteiger partial charge in [-0.1, -0.05) is 18.2 Å². The number of carbonyl (C=O) groups is 2. The fraction of sp³-hybridized carbons (Fsp3) is 0.118. The Kier molecular flexibility index (Phi) is 4.05. The highest BCUT2D eigenvalue weighted by Crippen LogP contribution is 2.11. The summed E-state index contributed by atoms with van der Waals surface area (Å²) in [7, 11) is 0. The number of hydrogen-bond donors (Lipinski definition) is 2. The van der Waals surface area contributed by atoms with Crippen molar-refractivity contribution in [3.63, 3.8) is 0 Å². The van der Waals surface area contributed by atoms with E-state index in [4.69, 9.17) is 5.11 Å². The molecule has 0 bridgehead atoms. The number of imidazole rings is 1. The first kappa shape index (κ1) is 14.8. The van der Waals surface area contributed by atoms with E-state index in [1.807, 2.05) is 35.0 Å². The van der Waals surface area contributed by atoms with Crippen LogP contribution in [0.25, 0.3) is 5.65 Å². The number of nitrogens with one attached hydrogen (secondary N) is 1. The van der Waals surface area contributed by atoms with Crippen molar-refractivity contribution in [3.8, 4) is 0 Å². The Morgan fingerprint density at radius 1 is 1.09 bits per heavy atom. The lowest BCUT2D eigenvalue weighted by Gasteiger charge is -2.05. The van der Waals surface area contributed by atoms with E-state index in [-0.39, 0.29) is 18.7 Å². The summed E-state index contributed by atoms with van der Waals surface area (Å²) >= 11 is 0. The predicted octanol–water partition coefficient (Wildman–Crippen LogP) is 2.14. The Morgan fingerprint density at radius 2 is 1.87 bits per heavy atom. The second kappa shape index (κ2) is 6.31. The summed E-state index contributed by atoms with van der Waals surface area (Å²) < 4.78 is 1.86. The Labute approximate surface area is 132 Å². The van der Waals surface area contributed by atoms with Gasteiger partial charge in [-0.25, -0.2) is 4.98 Å². The number of anilines is 1. The summed E-state index contributed by atoms with van der Waals surface area (Å²) in [6.45, 7) is 0. The van der Waals surface area contributed by atoms with Crippen LogP contribution in [0, 0.1) is 0 Å². The van der Waals surface area contributed by atoms with E-state index in [0.717, 1.165) is 5.65 Å². The lowest BCUT2D eigenvalue weighted by atomic mass is 10.1. The first-order valence-corrected chi connectivity index (χ1v) is 7.13. The van der Waals surface area contributed by atoms with E-state index in [1.165, 1.54) is 0 Å². The van der Waals surface area contributed by atoms with Gasteiger partial charge in [0.2, 0.25) is 5.91 Å². The fourth-order valence-electron chi connectivity index (χ4n) is 2.32. The normalized spacial score (nSPS) is 10.6. The van der Waals surface area contributed by atoms with Crippen molar-refractivity contribution >= 4 is 23.2 Å². The van der Waals surface area contributed by atoms with E-state index in [1.54, 1.807) is 24.3 Å². The third kappa shape index (κ3) is 3.74. The molecule has 0 atom stereocenters. The Balaban J connectivity index is 1.63. The van der Waals surface area contributed by atoms with Gasteiger partial charge >= 0.3 is 5.97 Å². The second-order valence-corrected chi connectivity index (χ2v) is 5.19. The van der Waals surface area contributed by atoms with Gasteiger partial charge in [-0.05, 0) is 29.8 Å². The lowest BCUT2D eigenvalue weighted by Crippen LogP contribution is -2.14. The van der Waals surface area contributed by atoms with E-state index >= 15 is 0 Å². The molecule has 23 heavy (non-hydrogen) atoms. The van der Waals surface area contributed by atoms with E-state index in [2.05, 4.69) is 10.3 Å². The van der Waals surface area contributed by atoms with Crippen LogP contribution in [-0.4, -0.2) is 26.4 Å². The van der Waals surface area contributed by atoms with E-state index in [9.17, 15) is 9.59 Å². The van der Waals surface area contributed by atoms with Crippen LogP contribution < -0.4 is 5.32 Å². The summed E-state index contributed by atoms with van der Waals surface area (Å²) in [4.78, 5) is 27.1. The quantitative estimate of drug-likeness (QED) is 0.756. The van der Waals surface area contributed by atoms with Crippen molar-refractivity contribution in [3.05, 3.63) is 66.1 Å². The first-order chi connectivity index (χ1) is 11.1. The zero-order chi connectivity index (χ0) is 16.2. The minimum atomic E-state index is -0.881. The number of benzene rings is 1. The standard InChI is InChI=1S/C17H15N3O3/c21-16(10-14-11-20-8-2-1-3-15(20)18-14)19-13-6-4-12(5-7-13)9-17(22)23/h1-8,11H,9-10H2,(H,19,21)(H,22,23). The minimum absolute atomic E-state index is 0.0323. The van der Waals surface area contributed by atoms with Crippen LogP contribution in [0.4, 0.5) is 5.69 Å². The number of amides is 1. The summed E-state index contributed by atoms with van der Waals surface area (Å²) in [6.07, 6.45) is 3.85. The molecule has 0 aliphatic rings. The van der Waals surface area contributed by atoms with Crippen LogP contribution in [0.15, 0.2) is 54.9 Å². The zero-order valence-corrected chi connectivity index (χ0v) is 12.3. The molecule has 0 spiro atoms. The number of carboxylic acid groups (broad SMARTS) is 1. The van der Waals surface area contributed by atoms with Gasteiger partial charge < -0.3 is 14.8 Å². The molecule has 116 valence electrons. The second-order valence-electron chi connectivity index (χ2n) is 5.19. The Bertz CT molecular complexity index is 820. The van der Waals surface area contributed by atoms with Crippen LogP contribution in [-0.2, 0) is 22.4 Å². The van der Waals surface area contributed by atoms with Gasteiger partial charge in [-0.2, -0.15) is 0 Å². The highest BCUT2D eigenvalue weighted by atomic mass is 16.4. The van der Waals surface area contributed by atoms with Gasteiger partial charge in [-0.3, -0.25) is 9.59 Å². The number of aliphatic carboxylic acids is 1. The van der Waals surface area contributed by atoms with Crippen LogP contribution in [0.2, 0.25) is 0 Å². The molecule has 0 aliphatic heterocycles. The monoisotopic (exact) mass is 309 g/mol. The van der Waals surface area contributed by atoms with Crippen LogP contribution in [0.5, 0.6) is 0 Å². The third-order valence-electron chi connectivity index (χ3n) is 3.35. The molecule has 0 aliphatic carbocycles. The van der Waals surface area contributed by atoms with Gasteiger partial charge in [0.05, 0.1) is 18.5 Å². The predicted molar refractivity (Wildman–Crippen MR) is 85.3 cm³/mol. The minimum Gasteiger partial charge on any atom is -0.481 e. The number of rotatable bonds is 5. The smallest absolute Gasteiger partial charge is 0.307 e. The number of carbonyl (C=O) groups excluding carboxylic acids is 1. The van der Waals surface area contributed by atoms with Gasteiger partial charge in [0.15, 0.2) is 0 Å². The summed E-state index contributed by atoms with van der Waals surface area (Å²) in [5, 5.41) is 11.5. The number of carboxylic acids is 1. The Hall–Kier alpha value is -3.15. The highest BCUT2D eigenvalue weighted by Gasteiger charge is 2.08. The SMILES string of the molecule is O=C(O)Cc1ccc(NC(=O)Cc2cn3ccccc3n2)cc1. The molecule has 0 radical (unpaired) electrons. The first-order valence-electron chi connectivity index (χ1n) is 7.13. The molecule has 6 heteroatoms. The molecule has 2 heterocycles. The number of pyridine rings is 1. The summed E-state index contributed by atoms with van der Waals surface area (Å²) in [5.74, 6) is -1.05. The molecule has 3 rings (SSSR count). The van der Waals surface area contributed by atoms with Crippen LogP contribution in [0.3, 0.4) is 0 Å². The summed E-state index contributed by atoms with van der Waals surface area (Å²) in [6, 6.07) is 12.4. The maximum absolute atomic E-state index is 12.1. The number of nitrogens with zero attached hydrogens (tertiary/aromatic N) is 2. The Morgan fingerprint density at radius 3 is 2.57 bits per heavy atom. The molecule has 3 aromatic rings. The topological polar surface area (TPSA) is 83.7 Å². The molecular weight excluding hydrogens is 294 g/mol. The number of aromatic nitrogens is 2. The van der Waals surface area contributed by atoms with Crippen LogP contribution in [0.1, 0.15) is 11.3 Å². The third-order valence-corrected chi connectivity index (χ3v) is 3.35. The molecule has 2 N–H and O–H groups in total. The fourth-order valence-corrected chi connectivity index (χ4v) is 2.32. The number of fused-ring (bicyclic) bond motifs is 1. The lowest BCUT2D eigenvalue weighted by molar-refractivity contribution is -0.136. The molecule has 1 aromatic carbocycles. The number of hydrogen-bond acceptors (Lipinski definition) is 3. The molecule has 6 nitrogen and oxygen atoms in total. The molecule has 0 saturated heterocycles. The molecule has 0 saturated carbocycles. The van der Waals surface area contributed by atoms with Crippen molar-refractivity contribution in [2.45, 2.75) is 12.8 Å². The molecule has 1 amide bonds. The van der Waals surface area contributed by atoms with Crippen molar-refractivity contribution in [2.75, 3.05) is 5.32 Å². The van der Waals surface area contributed by atoms with Gasteiger partial charge in [0, 0.05) is 18.1 Å². The van der Waals surface area contributed by atoms with Crippen molar-refractivity contribution in [1.82, 2.24) is 9.38 Å². The zero-order valence-electron chi connectivity index (χ0n) is 12.3. The average Bonchev–Trinajstić information content (AvgIpc) is 2.90. The van der Waals surface area contributed by atoms with Crippen LogP contribution >= 0.6 is 0 Å². The van der Waals surface area contributed by atoms with Crippen molar-refractivity contribution in [1.29, 1.82) is 0 Å². The van der Waals surface area contributed by atoms with Crippen molar-refractivity contribution in [2.24, 2.45) is 0 Å². The van der Waals surface area contributed by atoms with Gasteiger partial charge in [-0.15, -0.1) is 0 Å². The summed E-state index contributed by atoms with van der Waals surface area (Å²) in [5.41, 5.74) is 2.81. The molecule has 0 fully saturated rings. The van der Waals surface area contributed by atoms with E-state index < -0.39 is 5.97 Å². The van der Waals surface area contributed by atoms with E-state index in [0.29, 0.717) is 16.9 Å². The average molecular weight is 309 g/mol. The van der Waals surface area contributed by atoms with Crippen molar-refractivity contribution < 1.29 is 14.7 Å². The van der Waals surface area contributed by atoms with Gasteiger partial charge in [0.25, 0.3) is 0 Å². The largest absolute Gasteiger partial charge is 0.481 e. The maximum atomic E-state index is 12.1. The molecular formula is C17H15N3O3.